The topological polar surface area (TPSA) is 23.8 Å². The van der Waals surface area contributed by atoms with Gasteiger partial charge >= 0.3 is 0 Å². The van der Waals surface area contributed by atoms with Crippen LogP contribution in [-0.2, 0) is 65.4 Å². The first-order valence-electron chi connectivity index (χ1n) is 0.289. The van der Waals surface area contributed by atoms with E-state index in [0.717, 1.165) is 0 Å². The van der Waals surface area contributed by atoms with Crippen LogP contribution in [0.2, 0.25) is 0 Å². The normalized spacial score (nSPS) is 0.833. The zero-order valence-electron chi connectivity index (χ0n) is 4.23. The number of hydrogen-bond acceptors (Lipinski definition) is 0. The predicted molar refractivity (Wildman–Crippen MR) is 22.9 cm³/mol. The standard InChI is InChI=1S/2CH3.BHN.2Y/c;;1-2;;/h2*1H3;2H;;/q3*-1;;. The molecule has 0 atom stereocenters. The van der Waals surface area contributed by atoms with Gasteiger partial charge in [0.25, 0.3) is 0 Å². The molecule has 0 saturated carbocycles. The van der Waals surface area contributed by atoms with Crippen LogP contribution in [0.5, 0.6) is 0 Å². The Bertz CT molecular complexity index is 11.5. The molecule has 0 aliphatic rings. The zero-order valence-corrected chi connectivity index (χ0v) is 9.91. The Labute approximate surface area is 92.4 Å². The Balaban J connectivity index is -0.000000000833. The van der Waals surface area contributed by atoms with Gasteiger partial charge in [-0.3, -0.25) is 0 Å². The van der Waals surface area contributed by atoms with Crippen LogP contribution in [0.3, 0.4) is 0 Å². The summed E-state index contributed by atoms with van der Waals surface area (Å²) in [6.07, 6.45) is 0. The quantitative estimate of drug-likeness (QED) is 0.441. The van der Waals surface area contributed by atoms with E-state index >= 15 is 0 Å². The van der Waals surface area contributed by atoms with Gasteiger partial charge in [-0.25, -0.2) is 0 Å². The summed E-state index contributed by atoms with van der Waals surface area (Å²) in [5, 5.41) is 0. The molecule has 1 nitrogen and oxygen atoms in total. The van der Waals surface area contributed by atoms with Crippen molar-refractivity contribution >= 4 is 7.98 Å². The van der Waals surface area contributed by atoms with Crippen LogP contribution >= 0.6 is 0 Å². The Morgan fingerprint density at radius 3 is 0.833 bits per heavy atom. The summed E-state index contributed by atoms with van der Waals surface area (Å²) in [5.41, 5.74) is 5.25. The molecule has 0 aliphatic carbocycles. The van der Waals surface area contributed by atoms with Crippen molar-refractivity contribution in [1.29, 1.82) is 0 Å². The third-order valence-electron chi connectivity index (χ3n) is 0. The van der Waals surface area contributed by atoms with Crippen molar-refractivity contribution in [3.8, 4) is 0 Å². The molecule has 4 radical (unpaired) electrons. The van der Waals surface area contributed by atoms with Gasteiger partial charge in [0, 0.05) is 65.4 Å². The minimum absolute atomic E-state index is 0. The van der Waals surface area contributed by atoms with Crippen LogP contribution in [0.15, 0.2) is 0 Å². The van der Waals surface area contributed by atoms with E-state index in [-0.39, 0.29) is 80.3 Å². The zero-order chi connectivity index (χ0) is 2.00. The van der Waals surface area contributed by atoms with Crippen LogP contribution in [0.1, 0.15) is 0 Å². The number of hydrogen-bond donors (Lipinski definition) is 0. The first kappa shape index (κ1) is 41.2. The van der Waals surface area contributed by atoms with Gasteiger partial charge in [0.05, 0.1) is 0 Å². The van der Waals surface area contributed by atoms with Crippen molar-refractivity contribution in [3.05, 3.63) is 20.5 Å². The van der Waals surface area contributed by atoms with Crippen molar-refractivity contribution in [3.63, 3.8) is 0 Å². The molecule has 0 aromatic rings. The summed E-state index contributed by atoms with van der Waals surface area (Å²) in [7, 11) is 3.75. The fourth-order valence-electron chi connectivity index (χ4n) is 0. The second kappa shape index (κ2) is 56.4. The molecule has 0 aromatic heterocycles. The van der Waals surface area contributed by atoms with Crippen LogP contribution in [-0.4, -0.2) is 7.98 Å². The summed E-state index contributed by atoms with van der Waals surface area (Å²) in [5.74, 6) is 0. The molecule has 32 valence electrons. The van der Waals surface area contributed by atoms with Gasteiger partial charge in [0.15, 0.2) is 0 Å². The summed E-state index contributed by atoms with van der Waals surface area (Å²) in [6.45, 7) is 0. The van der Waals surface area contributed by atoms with E-state index < -0.39 is 0 Å². The molecular weight excluding hydrogens is 227 g/mol. The van der Waals surface area contributed by atoms with Gasteiger partial charge in [-0.05, 0) is 0 Å². The first-order valence-corrected chi connectivity index (χ1v) is 0.289. The summed E-state index contributed by atoms with van der Waals surface area (Å²) in [6, 6.07) is 0. The van der Waals surface area contributed by atoms with Crippen molar-refractivity contribution in [2.24, 2.45) is 0 Å². The molecule has 0 aliphatic heterocycles. The fourth-order valence-corrected chi connectivity index (χ4v) is 0. The van der Waals surface area contributed by atoms with E-state index in [9.17, 15) is 0 Å². The van der Waals surface area contributed by atoms with Gasteiger partial charge in [-0.1, -0.05) is 0 Å². The second-order valence-electron chi connectivity index (χ2n) is 0. The SMILES string of the molecule is [B][NH-].[CH3-].[CH3-].[Y].[Y]. The molecule has 1 N–H and O–H groups in total. The van der Waals surface area contributed by atoms with E-state index in [1.165, 1.54) is 0 Å². The van der Waals surface area contributed by atoms with E-state index in [2.05, 4.69) is 7.98 Å². The van der Waals surface area contributed by atoms with Crippen molar-refractivity contribution in [2.75, 3.05) is 0 Å². The maximum atomic E-state index is 5.25. The Morgan fingerprint density at radius 1 is 0.833 bits per heavy atom. The average molecular weight is 234 g/mol. The molecule has 0 saturated heterocycles. The molecule has 0 unspecified atom stereocenters. The van der Waals surface area contributed by atoms with Crippen molar-refractivity contribution in [2.45, 2.75) is 0 Å². The third-order valence-corrected chi connectivity index (χ3v) is 0. The van der Waals surface area contributed by atoms with Gasteiger partial charge in [-0.15, -0.1) is 7.98 Å². The first-order chi connectivity index (χ1) is 1.00. The molecule has 0 spiro atoms. The van der Waals surface area contributed by atoms with Crippen LogP contribution < -0.4 is 0 Å². The Morgan fingerprint density at radius 2 is 0.833 bits per heavy atom. The smallest absolute Gasteiger partial charge is 0 e. The monoisotopic (exact) mass is 234 g/mol. The van der Waals surface area contributed by atoms with Gasteiger partial charge in [0.1, 0.15) is 0 Å². The summed E-state index contributed by atoms with van der Waals surface area (Å²) >= 11 is 0. The maximum Gasteiger partial charge on any atom is 0 e. The molecule has 0 heterocycles. The molecule has 0 aromatic carbocycles. The van der Waals surface area contributed by atoms with Gasteiger partial charge in [0.2, 0.25) is 0 Å². The molecule has 0 fully saturated rings. The Kier molecular flexibility index (Phi) is 387. The van der Waals surface area contributed by atoms with Crippen LogP contribution in [0, 0.1) is 14.9 Å². The third kappa shape index (κ3) is 34.2. The summed E-state index contributed by atoms with van der Waals surface area (Å²) < 4.78 is 0. The van der Waals surface area contributed by atoms with Crippen LogP contribution in [0.4, 0.5) is 0 Å². The minimum Gasteiger partial charge on any atom is -0.716 e. The maximum absolute atomic E-state index is 5.25. The van der Waals surface area contributed by atoms with E-state index in [1.54, 1.807) is 0 Å². The van der Waals surface area contributed by atoms with Crippen molar-refractivity contribution in [1.82, 2.24) is 0 Å². The average Bonchev–Trinajstić information content (AvgIpc) is 1.00. The minimum atomic E-state index is 0. The second-order valence-corrected chi connectivity index (χ2v) is 0. The molecular formula is C2H7BNY2-3. The molecule has 0 rings (SSSR count). The largest absolute Gasteiger partial charge is 0.716 e. The number of rotatable bonds is 0. The van der Waals surface area contributed by atoms with E-state index in [0.29, 0.717) is 0 Å². The molecule has 4 heteroatoms. The Hall–Kier alpha value is 2.23. The van der Waals surface area contributed by atoms with E-state index in [1.807, 2.05) is 0 Å². The molecule has 6 heavy (non-hydrogen) atoms. The predicted octanol–water partition coefficient (Wildman–Crippen LogP) is 1.02. The molecule has 0 amide bonds. The van der Waals surface area contributed by atoms with Crippen molar-refractivity contribution < 1.29 is 65.4 Å². The summed E-state index contributed by atoms with van der Waals surface area (Å²) in [4.78, 5) is 0. The number of nitrogens with one attached hydrogen (secondary N) is 1. The van der Waals surface area contributed by atoms with Crippen LogP contribution in [0.25, 0.3) is 5.64 Å². The molecule has 0 bridgehead atoms. The van der Waals surface area contributed by atoms with Gasteiger partial charge < -0.3 is 20.5 Å². The fraction of sp³-hybridized carbons (Fsp3) is 0. The van der Waals surface area contributed by atoms with Gasteiger partial charge in [-0.2, -0.15) is 0 Å². The van der Waals surface area contributed by atoms with E-state index in [4.69, 9.17) is 5.64 Å².